The summed E-state index contributed by atoms with van der Waals surface area (Å²) in [4.78, 5) is 29.9. The molecule has 126 valence electrons. The van der Waals surface area contributed by atoms with Crippen molar-refractivity contribution in [3.8, 4) is 0 Å². The van der Waals surface area contributed by atoms with E-state index in [0.717, 1.165) is 12.0 Å². The molecule has 1 fully saturated rings. The van der Waals surface area contributed by atoms with E-state index in [1.54, 1.807) is 34.0 Å². The Kier molecular flexibility index (Phi) is 4.59. The number of halogens is 1. The van der Waals surface area contributed by atoms with Crippen molar-refractivity contribution in [2.45, 2.75) is 18.9 Å². The lowest BCUT2D eigenvalue weighted by Gasteiger charge is -2.21. The fourth-order valence-electron chi connectivity index (χ4n) is 2.86. The molecular weight excluding hydrogens is 311 g/mol. The molecule has 24 heavy (non-hydrogen) atoms. The van der Waals surface area contributed by atoms with Crippen molar-refractivity contribution in [2.75, 3.05) is 13.1 Å². The van der Waals surface area contributed by atoms with E-state index >= 15 is 0 Å². The Labute approximate surface area is 139 Å². The second-order valence-corrected chi connectivity index (χ2v) is 5.87. The number of rotatable bonds is 5. The minimum Gasteiger partial charge on any atom is -0.341 e. The number of aryl methyl sites for hydroxylation is 1. The van der Waals surface area contributed by atoms with Crippen LogP contribution in [0.2, 0.25) is 0 Å². The van der Waals surface area contributed by atoms with E-state index in [1.807, 2.05) is 7.05 Å². The van der Waals surface area contributed by atoms with Crippen molar-refractivity contribution in [2.24, 2.45) is 7.05 Å². The normalized spacial score (nSPS) is 15.6. The number of carbonyl (C=O) groups is 2. The third-order valence-corrected chi connectivity index (χ3v) is 4.13. The Morgan fingerprint density at radius 2 is 2.12 bits per heavy atom. The first-order valence-corrected chi connectivity index (χ1v) is 7.84. The molecule has 2 amide bonds. The summed E-state index contributed by atoms with van der Waals surface area (Å²) in [6.07, 6.45) is 4.70. The van der Waals surface area contributed by atoms with Crippen LogP contribution in [-0.2, 0) is 16.6 Å². The highest BCUT2D eigenvalue weighted by atomic mass is 19.1. The van der Waals surface area contributed by atoms with E-state index in [4.69, 9.17) is 0 Å². The summed E-state index contributed by atoms with van der Waals surface area (Å²) in [5.41, 5.74) is 0.729. The van der Waals surface area contributed by atoms with Crippen molar-refractivity contribution < 1.29 is 14.0 Å². The van der Waals surface area contributed by atoms with E-state index in [9.17, 15) is 14.0 Å². The van der Waals surface area contributed by atoms with Gasteiger partial charge in [-0.05, 0) is 24.1 Å². The van der Waals surface area contributed by atoms with Crippen LogP contribution < -0.4 is 5.32 Å². The van der Waals surface area contributed by atoms with Crippen molar-refractivity contribution >= 4 is 11.8 Å². The molecule has 1 aliphatic rings. The fourth-order valence-corrected chi connectivity index (χ4v) is 2.86. The third-order valence-electron chi connectivity index (χ3n) is 4.13. The number of imidazole rings is 1. The Morgan fingerprint density at radius 1 is 1.38 bits per heavy atom. The van der Waals surface area contributed by atoms with Crippen LogP contribution in [0, 0.1) is 5.82 Å². The van der Waals surface area contributed by atoms with E-state index in [0.29, 0.717) is 18.8 Å². The second-order valence-electron chi connectivity index (χ2n) is 5.87. The molecule has 1 aromatic carbocycles. The molecule has 2 aromatic rings. The molecule has 2 heterocycles. The number of carbonyl (C=O) groups excluding carboxylic acids is 2. The summed E-state index contributed by atoms with van der Waals surface area (Å²) in [6, 6.07) is 5.44. The first kappa shape index (κ1) is 16.2. The van der Waals surface area contributed by atoms with E-state index < -0.39 is 6.04 Å². The van der Waals surface area contributed by atoms with Gasteiger partial charge >= 0.3 is 0 Å². The third kappa shape index (κ3) is 3.45. The first-order chi connectivity index (χ1) is 11.5. The molecule has 1 aliphatic heterocycles. The molecule has 0 aliphatic carbocycles. The van der Waals surface area contributed by atoms with E-state index in [-0.39, 0.29) is 24.2 Å². The minimum atomic E-state index is -0.504. The molecule has 1 aromatic heterocycles. The summed E-state index contributed by atoms with van der Waals surface area (Å²) in [5.74, 6) is 0.0390. The zero-order valence-corrected chi connectivity index (χ0v) is 13.4. The maximum Gasteiger partial charge on any atom is 0.240 e. The van der Waals surface area contributed by atoms with Crippen molar-refractivity contribution in [3.05, 3.63) is 53.9 Å². The van der Waals surface area contributed by atoms with Gasteiger partial charge in [-0.1, -0.05) is 12.1 Å². The zero-order valence-electron chi connectivity index (χ0n) is 13.4. The standard InChI is InChI=1S/C17H19FN4O2/c1-21-10-8-19-17(21)16(12-4-6-13(18)7-5-12)20-14(23)11-22-9-2-3-15(22)24/h4-8,10,16H,2-3,9,11H2,1H3,(H,20,23). The molecule has 1 saturated heterocycles. The molecule has 6 nitrogen and oxygen atoms in total. The molecule has 1 unspecified atom stereocenters. The van der Waals surface area contributed by atoms with Gasteiger partial charge in [-0.3, -0.25) is 9.59 Å². The van der Waals surface area contributed by atoms with E-state index in [1.165, 1.54) is 12.1 Å². The average Bonchev–Trinajstić information content (AvgIpc) is 3.15. The van der Waals surface area contributed by atoms with Gasteiger partial charge in [0.05, 0.1) is 6.54 Å². The zero-order chi connectivity index (χ0) is 17.1. The average molecular weight is 330 g/mol. The van der Waals surface area contributed by atoms with Gasteiger partial charge in [0, 0.05) is 32.4 Å². The van der Waals surface area contributed by atoms with Gasteiger partial charge in [-0.25, -0.2) is 9.37 Å². The number of likely N-dealkylation sites (tertiary alicyclic amines) is 1. The SMILES string of the molecule is Cn1ccnc1C(NC(=O)CN1CCCC1=O)c1ccc(F)cc1. The molecule has 0 saturated carbocycles. The summed E-state index contributed by atoms with van der Waals surface area (Å²) in [6.45, 7) is 0.636. The van der Waals surface area contributed by atoms with Crippen molar-refractivity contribution in [1.82, 2.24) is 19.8 Å². The maximum absolute atomic E-state index is 13.2. The van der Waals surface area contributed by atoms with Gasteiger partial charge in [-0.2, -0.15) is 0 Å². The molecule has 0 bridgehead atoms. The highest BCUT2D eigenvalue weighted by Gasteiger charge is 2.25. The lowest BCUT2D eigenvalue weighted by Crippen LogP contribution is -2.40. The summed E-state index contributed by atoms with van der Waals surface area (Å²) in [5, 5.41) is 2.90. The predicted octanol–water partition coefficient (Wildman–Crippen LogP) is 1.39. The predicted molar refractivity (Wildman–Crippen MR) is 85.4 cm³/mol. The highest BCUT2D eigenvalue weighted by molar-refractivity contribution is 5.86. The second kappa shape index (κ2) is 6.82. The monoisotopic (exact) mass is 330 g/mol. The van der Waals surface area contributed by atoms with Gasteiger partial charge in [-0.15, -0.1) is 0 Å². The lowest BCUT2D eigenvalue weighted by molar-refractivity contribution is -0.133. The van der Waals surface area contributed by atoms with Crippen LogP contribution >= 0.6 is 0 Å². The van der Waals surface area contributed by atoms with E-state index in [2.05, 4.69) is 10.3 Å². The van der Waals surface area contributed by atoms with Gasteiger partial charge in [0.1, 0.15) is 17.7 Å². The fraction of sp³-hybridized carbons (Fsp3) is 0.353. The number of nitrogens with one attached hydrogen (secondary N) is 1. The molecule has 0 spiro atoms. The summed E-state index contributed by atoms with van der Waals surface area (Å²) < 4.78 is 15.0. The quantitative estimate of drug-likeness (QED) is 0.901. The molecule has 7 heteroatoms. The van der Waals surface area contributed by atoms with Crippen LogP contribution in [0.1, 0.15) is 30.3 Å². The molecule has 3 rings (SSSR count). The van der Waals surface area contributed by atoms with Crippen LogP contribution in [0.25, 0.3) is 0 Å². The number of aromatic nitrogens is 2. The molecule has 1 atom stereocenters. The number of amides is 2. The van der Waals surface area contributed by atoms with Gasteiger partial charge in [0.2, 0.25) is 11.8 Å². The number of hydrogen-bond donors (Lipinski definition) is 1. The van der Waals surface area contributed by atoms with Crippen LogP contribution in [0.3, 0.4) is 0 Å². The Hall–Kier alpha value is -2.70. The largest absolute Gasteiger partial charge is 0.341 e. The van der Waals surface area contributed by atoms with Gasteiger partial charge in [0.15, 0.2) is 0 Å². The van der Waals surface area contributed by atoms with Crippen molar-refractivity contribution in [3.63, 3.8) is 0 Å². The minimum absolute atomic E-state index is 0.000439. The lowest BCUT2D eigenvalue weighted by atomic mass is 10.1. The van der Waals surface area contributed by atoms with Crippen LogP contribution in [0.4, 0.5) is 4.39 Å². The molecule has 0 radical (unpaired) electrons. The first-order valence-electron chi connectivity index (χ1n) is 7.84. The Bertz CT molecular complexity index is 741. The number of benzene rings is 1. The topological polar surface area (TPSA) is 67.2 Å². The maximum atomic E-state index is 13.2. The summed E-state index contributed by atoms with van der Waals surface area (Å²) in [7, 11) is 1.83. The Morgan fingerprint density at radius 3 is 2.71 bits per heavy atom. The van der Waals surface area contributed by atoms with Crippen LogP contribution in [0.5, 0.6) is 0 Å². The number of nitrogens with zero attached hydrogens (tertiary/aromatic N) is 3. The summed E-state index contributed by atoms with van der Waals surface area (Å²) >= 11 is 0. The smallest absolute Gasteiger partial charge is 0.240 e. The highest BCUT2D eigenvalue weighted by Crippen LogP contribution is 2.21. The van der Waals surface area contributed by atoms with Gasteiger partial charge < -0.3 is 14.8 Å². The molecule has 1 N–H and O–H groups in total. The number of hydrogen-bond acceptors (Lipinski definition) is 3. The Balaban J connectivity index is 1.80. The van der Waals surface area contributed by atoms with Crippen LogP contribution in [0.15, 0.2) is 36.7 Å². The van der Waals surface area contributed by atoms with Crippen molar-refractivity contribution in [1.29, 1.82) is 0 Å². The van der Waals surface area contributed by atoms with Gasteiger partial charge in [0.25, 0.3) is 0 Å². The van der Waals surface area contributed by atoms with Crippen LogP contribution in [-0.4, -0.2) is 39.4 Å². The molecular formula is C17H19FN4O2.